The summed E-state index contributed by atoms with van der Waals surface area (Å²) in [5, 5.41) is 2.74. The first-order chi connectivity index (χ1) is 8.88. The van der Waals surface area contributed by atoms with Gasteiger partial charge in [0, 0.05) is 18.5 Å². The average molecular weight is 272 g/mol. The Morgan fingerprint density at radius 3 is 2.05 bits per heavy atom. The van der Waals surface area contributed by atoms with E-state index in [-0.39, 0.29) is 31.3 Å². The van der Waals surface area contributed by atoms with E-state index in [1.165, 1.54) is 12.1 Å². The molecule has 0 spiro atoms. The molecule has 1 N–H and O–H groups in total. The predicted octanol–water partition coefficient (Wildman–Crippen LogP) is 2.22. The number of hydrogen-bond donors (Lipinski definition) is 1. The number of carbonyl (C=O) groups excluding carboxylic acids is 2. The Bertz CT molecular complexity index is 481. The fraction of sp³-hybridized carbons (Fsp3) is 0.333. The highest BCUT2D eigenvalue weighted by molar-refractivity contribution is 6.02. The van der Waals surface area contributed by atoms with Crippen molar-refractivity contribution < 1.29 is 22.8 Å². The molecular formula is C12H11F3N2O2. The fourth-order valence-electron chi connectivity index (χ4n) is 1.75. The summed E-state index contributed by atoms with van der Waals surface area (Å²) in [6.07, 6.45) is -4.00. The minimum atomic E-state index is -4.38. The first-order valence-electron chi connectivity index (χ1n) is 5.62. The molecule has 2 amide bonds. The smallest absolute Gasteiger partial charge is 0.367 e. The molecule has 1 heterocycles. The Kier molecular flexibility index (Phi) is 3.46. The molecule has 1 aromatic carbocycles. The summed E-state index contributed by atoms with van der Waals surface area (Å²) in [7, 11) is 0. The number of amides is 2. The van der Waals surface area contributed by atoms with Crippen molar-refractivity contribution in [2.24, 2.45) is 0 Å². The zero-order chi connectivity index (χ0) is 14.0. The summed E-state index contributed by atoms with van der Waals surface area (Å²) in [4.78, 5) is 23.7. The molecule has 1 aliphatic rings. The van der Waals surface area contributed by atoms with E-state index in [9.17, 15) is 22.8 Å². The van der Waals surface area contributed by atoms with Crippen molar-refractivity contribution in [3.8, 4) is 0 Å². The highest BCUT2D eigenvalue weighted by Gasteiger charge is 2.30. The Balaban J connectivity index is 1.97. The quantitative estimate of drug-likeness (QED) is 0.858. The van der Waals surface area contributed by atoms with Crippen LogP contribution in [0.15, 0.2) is 24.3 Å². The van der Waals surface area contributed by atoms with Gasteiger partial charge in [-0.3, -0.25) is 14.5 Å². The molecule has 0 aromatic heterocycles. The van der Waals surface area contributed by atoms with Crippen LogP contribution in [0.2, 0.25) is 0 Å². The molecule has 0 radical (unpaired) electrons. The Hall–Kier alpha value is -2.05. The molecule has 0 aliphatic carbocycles. The van der Waals surface area contributed by atoms with Crippen LogP contribution in [0.1, 0.15) is 18.4 Å². The van der Waals surface area contributed by atoms with Gasteiger partial charge in [0.2, 0.25) is 11.8 Å². The van der Waals surface area contributed by atoms with Crippen LogP contribution in [0.25, 0.3) is 0 Å². The number of benzene rings is 1. The first kappa shape index (κ1) is 13.4. The van der Waals surface area contributed by atoms with Gasteiger partial charge >= 0.3 is 6.18 Å². The largest absolute Gasteiger partial charge is 0.416 e. The lowest BCUT2D eigenvalue weighted by Gasteiger charge is -2.16. The second kappa shape index (κ2) is 4.91. The molecule has 1 saturated heterocycles. The van der Waals surface area contributed by atoms with Crippen LogP contribution in [-0.4, -0.2) is 23.4 Å². The standard InChI is InChI=1S/C12H11F3N2O2/c13-12(14,15)8-1-3-9(4-2-8)16-7-17-10(18)5-6-11(17)19/h1-4,16H,5-7H2. The van der Waals surface area contributed by atoms with Crippen LogP contribution in [0, 0.1) is 0 Å². The second-order valence-corrected chi connectivity index (χ2v) is 4.13. The third-order valence-electron chi connectivity index (χ3n) is 2.81. The van der Waals surface area contributed by atoms with E-state index < -0.39 is 11.7 Å². The van der Waals surface area contributed by atoms with E-state index in [0.29, 0.717) is 5.69 Å². The number of nitrogens with one attached hydrogen (secondary N) is 1. The van der Waals surface area contributed by atoms with E-state index in [0.717, 1.165) is 17.0 Å². The monoisotopic (exact) mass is 272 g/mol. The Morgan fingerprint density at radius 2 is 1.58 bits per heavy atom. The highest BCUT2D eigenvalue weighted by Crippen LogP contribution is 2.29. The SMILES string of the molecule is O=C1CCC(=O)N1CNc1ccc(C(F)(F)F)cc1. The number of likely N-dealkylation sites (tertiary alicyclic amines) is 1. The molecule has 0 unspecified atom stereocenters. The molecule has 2 rings (SSSR count). The average Bonchev–Trinajstić information content (AvgIpc) is 2.66. The van der Waals surface area contributed by atoms with Gasteiger partial charge in [-0.05, 0) is 24.3 Å². The van der Waals surface area contributed by atoms with Gasteiger partial charge in [-0.2, -0.15) is 13.2 Å². The van der Waals surface area contributed by atoms with E-state index in [1.54, 1.807) is 0 Å². The van der Waals surface area contributed by atoms with Gasteiger partial charge in [0.25, 0.3) is 0 Å². The second-order valence-electron chi connectivity index (χ2n) is 4.13. The van der Waals surface area contributed by atoms with Crippen molar-refractivity contribution in [2.75, 3.05) is 12.0 Å². The maximum absolute atomic E-state index is 12.3. The molecule has 0 atom stereocenters. The molecule has 4 nitrogen and oxygen atoms in total. The zero-order valence-corrected chi connectivity index (χ0v) is 9.83. The van der Waals surface area contributed by atoms with Crippen molar-refractivity contribution in [3.05, 3.63) is 29.8 Å². The summed E-state index contributed by atoms with van der Waals surface area (Å²) in [5.41, 5.74) is -0.327. The molecule has 0 bridgehead atoms. The van der Waals surface area contributed by atoms with Crippen LogP contribution in [0.5, 0.6) is 0 Å². The lowest BCUT2D eigenvalue weighted by molar-refractivity contribution is -0.138. The summed E-state index contributed by atoms with van der Waals surface area (Å²) < 4.78 is 37.0. The molecule has 1 aliphatic heterocycles. The van der Waals surface area contributed by atoms with Crippen LogP contribution < -0.4 is 5.32 Å². The molecule has 1 fully saturated rings. The Morgan fingerprint density at radius 1 is 1.05 bits per heavy atom. The molecule has 0 saturated carbocycles. The third-order valence-corrected chi connectivity index (χ3v) is 2.81. The Labute approximate surface area is 107 Å². The lowest BCUT2D eigenvalue weighted by atomic mass is 10.2. The first-order valence-corrected chi connectivity index (χ1v) is 5.62. The third kappa shape index (κ3) is 3.04. The van der Waals surface area contributed by atoms with E-state index in [2.05, 4.69) is 5.32 Å². The fourth-order valence-corrected chi connectivity index (χ4v) is 1.75. The van der Waals surface area contributed by atoms with Gasteiger partial charge in [-0.1, -0.05) is 0 Å². The van der Waals surface area contributed by atoms with Gasteiger partial charge < -0.3 is 5.32 Å². The minimum Gasteiger partial charge on any atom is -0.367 e. The molecule has 102 valence electrons. The number of rotatable bonds is 3. The summed E-state index contributed by atoms with van der Waals surface area (Å²) >= 11 is 0. The van der Waals surface area contributed by atoms with Gasteiger partial charge in [-0.25, -0.2) is 0 Å². The van der Waals surface area contributed by atoms with Crippen LogP contribution >= 0.6 is 0 Å². The van der Waals surface area contributed by atoms with E-state index >= 15 is 0 Å². The maximum atomic E-state index is 12.3. The van der Waals surface area contributed by atoms with Crippen molar-refractivity contribution in [1.29, 1.82) is 0 Å². The van der Waals surface area contributed by atoms with Crippen LogP contribution in [0.3, 0.4) is 0 Å². The van der Waals surface area contributed by atoms with Gasteiger partial charge in [0.15, 0.2) is 0 Å². The molecule has 19 heavy (non-hydrogen) atoms. The summed E-state index contributed by atoms with van der Waals surface area (Å²) in [5.74, 6) is -0.547. The van der Waals surface area contributed by atoms with Crippen molar-refractivity contribution in [3.63, 3.8) is 0 Å². The number of alkyl halides is 3. The summed E-state index contributed by atoms with van der Waals surface area (Å²) in [6, 6.07) is 4.40. The van der Waals surface area contributed by atoms with Crippen molar-refractivity contribution in [2.45, 2.75) is 19.0 Å². The highest BCUT2D eigenvalue weighted by atomic mass is 19.4. The van der Waals surface area contributed by atoms with E-state index in [1.807, 2.05) is 0 Å². The zero-order valence-electron chi connectivity index (χ0n) is 9.83. The normalized spacial score (nSPS) is 16.1. The number of hydrogen-bond acceptors (Lipinski definition) is 3. The van der Waals surface area contributed by atoms with Crippen molar-refractivity contribution in [1.82, 2.24) is 4.90 Å². The van der Waals surface area contributed by atoms with Crippen molar-refractivity contribution >= 4 is 17.5 Å². The minimum absolute atomic E-state index is 0.0248. The molecule has 1 aromatic rings. The maximum Gasteiger partial charge on any atom is 0.416 e. The summed E-state index contributed by atoms with van der Waals surface area (Å²) in [6.45, 7) is -0.0248. The molecular weight excluding hydrogens is 261 g/mol. The number of nitrogens with zero attached hydrogens (tertiary/aromatic N) is 1. The van der Waals surface area contributed by atoms with Gasteiger partial charge in [0.05, 0.1) is 12.2 Å². The number of halogens is 3. The van der Waals surface area contributed by atoms with E-state index in [4.69, 9.17) is 0 Å². The topological polar surface area (TPSA) is 49.4 Å². The number of carbonyl (C=O) groups is 2. The number of imide groups is 1. The van der Waals surface area contributed by atoms with Gasteiger partial charge in [0.1, 0.15) is 0 Å². The predicted molar refractivity (Wildman–Crippen MR) is 61.0 cm³/mol. The number of anilines is 1. The lowest BCUT2D eigenvalue weighted by Crippen LogP contribution is -2.33. The van der Waals surface area contributed by atoms with Crippen LogP contribution in [0.4, 0.5) is 18.9 Å². The van der Waals surface area contributed by atoms with Gasteiger partial charge in [-0.15, -0.1) is 0 Å². The van der Waals surface area contributed by atoms with Crippen LogP contribution in [-0.2, 0) is 15.8 Å². The molecule has 7 heteroatoms.